The van der Waals surface area contributed by atoms with E-state index in [4.69, 9.17) is 10.8 Å². The fraction of sp³-hybridized carbons (Fsp3) is 0.818. The average Bonchev–Trinajstić information content (AvgIpc) is 2.32. The van der Waals surface area contributed by atoms with Gasteiger partial charge in [0.05, 0.1) is 0 Å². The van der Waals surface area contributed by atoms with Crippen molar-refractivity contribution in [2.24, 2.45) is 5.73 Å². The molecule has 0 saturated carbocycles. The first-order valence-electron chi connectivity index (χ1n) is 6.05. The molecule has 5 N–H and O–H groups in total. The van der Waals surface area contributed by atoms with E-state index in [1.165, 1.54) is 0 Å². The molecular formula is C11H23N3O3. The summed E-state index contributed by atoms with van der Waals surface area (Å²) in [4.78, 5) is 22.4. The van der Waals surface area contributed by atoms with Gasteiger partial charge in [0.15, 0.2) is 0 Å². The van der Waals surface area contributed by atoms with Crippen molar-refractivity contribution in [3.05, 3.63) is 0 Å². The predicted octanol–water partition coefficient (Wildman–Crippen LogP) is -0.880. The van der Waals surface area contributed by atoms with Crippen molar-refractivity contribution in [1.82, 2.24) is 10.6 Å². The first kappa shape index (κ1) is 15.9. The van der Waals surface area contributed by atoms with Crippen LogP contribution in [0.3, 0.4) is 0 Å². The smallest absolute Gasteiger partial charge is 0.220 e. The van der Waals surface area contributed by atoms with Gasteiger partial charge in [-0.05, 0) is 25.8 Å². The van der Waals surface area contributed by atoms with Crippen LogP contribution in [0.4, 0.5) is 0 Å². The van der Waals surface area contributed by atoms with Gasteiger partial charge < -0.3 is 21.5 Å². The Morgan fingerprint density at radius 1 is 0.941 bits per heavy atom. The van der Waals surface area contributed by atoms with Gasteiger partial charge in [-0.1, -0.05) is 0 Å². The molecule has 6 heteroatoms. The highest BCUT2D eigenvalue weighted by Gasteiger charge is 2.02. The third kappa shape index (κ3) is 11.1. The molecule has 6 nitrogen and oxygen atoms in total. The second kappa shape index (κ2) is 11.3. The zero-order chi connectivity index (χ0) is 12.9. The zero-order valence-corrected chi connectivity index (χ0v) is 10.2. The highest BCUT2D eigenvalue weighted by atomic mass is 16.3. The maximum Gasteiger partial charge on any atom is 0.220 e. The number of nitrogens with two attached hydrogens (primary N) is 1. The predicted molar refractivity (Wildman–Crippen MR) is 65.2 cm³/mol. The van der Waals surface area contributed by atoms with Crippen LogP contribution in [0, 0.1) is 0 Å². The lowest BCUT2D eigenvalue weighted by Crippen LogP contribution is -2.28. The summed E-state index contributed by atoms with van der Waals surface area (Å²) in [5.74, 6) is -0.0641. The van der Waals surface area contributed by atoms with Crippen LogP contribution in [0.25, 0.3) is 0 Å². The Bertz CT molecular complexity index is 222. The molecule has 0 heterocycles. The van der Waals surface area contributed by atoms with Gasteiger partial charge in [0.1, 0.15) is 0 Å². The Morgan fingerprint density at radius 2 is 1.47 bits per heavy atom. The molecule has 0 radical (unpaired) electrons. The number of amides is 2. The molecule has 0 spiro atoms. The molecule has 17 heavy (non-hydrogen) atoms. The van der Waals surface area contributed by atoms with Crippen LogP contribution in [0.5, 0.6) is 0 Å². The van der Waals surface area contributed by atoms with Crippen LogP contribution < -0.4 is 16.4 Å². The van der Waals surface area contributed by atoms with E-state index in [1.807, 2.05) is 0 Å². The van der Waals surface area contributed by atoms with E-state index in [0.717, 1.165) is 0 Å². The minimum absolute atomic E-state index is 0.0175. The minimum Gasteiger partial charge on any atom is -0.396 e. The average molecular weight is 245 g/mol. The summed E-state index contributed by atoms with van der Waals surface area (Å²) in [7, 11) is 0. The van der Waals surface area contributed by atoms with Crippen molar-refractivity contribution in [3.8, 4) is 0 Å². The molecule has 0 bridgehead atoms. The number of hydrogen-bond acceptors (Lipinski definition) is 4. The molecule has 0 aliphatic carbocycles. The Morgan fingerprint density at radius 3 is 2.00 bits per heavy atom. The van der Waals surface area contributed by atoms with E-state index in [-0.39, 0.29) is 18.4 Å². The molecule has 0 atom stereocenters. The van der Waals surface area contributed by atoms with Crippen molar-refractivity contribution in [2.45, 2.75) is 32.1 Å². The molecule has 0 aromatic rings. The molecule has 100 valence electrons. The molecular weight excluding hydrogens is 222 g/mol. The van der Waals surface area contributed by atoms with Crippen molar-refractivity contribution in [1.29, 1.82) is 0 Å². The highest BCUT2D eigenvalue weighted by Crippen LogP contribution is 1.90. The van der Waals surface area contributed by atoms with Gasteiger partial charge in [0.25, 0.3) is 0 Å². The maximum atomic E-state index is 11.2. The van der Waals surface area contributed by atoms with Gasteiger partial charge in [0, 0.05) is 32.5 Å². The summed E-state index contributed by atoms with van der Waals surface area (Å²) in [6.07, 6.45) is 2.72. The Hall–Kier alpha value is -1.14. The fourth-order valence-electron chi connectivity index (χ4n) is 1.22. The third-order valence-electron chi connectivity index (χ3n) is 2.17. The SMILES string of the molecule is NCCCC(=O)NCCCC(=O)NCCCO. The maximum absolute atomic E-state index is 11.2. The summed E-state index contributed by atoms with van der Waals surface area (Å²) in [6, 6.07) is 0. The minimum atomic E-state index is -0.0466. The third-order valence-corrected chi connectivity index (χ3v) is 2.17. The molecule has 0 saturated heterocycles. The second-order valence-electron chi connectivity index (χ2n) is 3.77. The van der Waals surface area contributed by atoms with Gasteiger partial charge in [-0.2, -0.15) is 0 Å². The van der Waals surface area contributed by atoms with Gasteiger partial charge in [-0.3, -0.25) is 9.59 Å². The fourth-order valence-corrected chi connectivity index (χ4v) is 1.22. The monoisotopic (exact) mass is 245 g/mol. The largest absolute Gasteiger partial charge is 0.396 e. The molecule has 0 aromatic carbocycles. The van der Waals surface area contributed by atoms with E-state index in [2.05, 4.69) is 10.6 Å². The van der Waals surface area contributed by atoms with E-state index in [0.29, 0.717) is 51.7 Å². The molecule has 2 amide bonds. The Balaban J connectivity index is 3.32. The Labute approximate surface area is 102 Å². The Kier molecular flexibility index (Phi) is 10.6. The lowest BCUT2D eigenvalue weighted by atomic mass is 10.2. The number of carbonyl (C=O) groups is 2. The zero-order valence-electron chi connectivity index (χ0n) is 10.2. The first-order chi connectivity index (χ1) is 8.20. The number of hydrogen-bond donors (Lipinski definition) is 4. The summed E-state index contributed by atoms with van der Waals surface area (Å²) in [5, 5.41) is 13.9. The summed E-state index contributed by atoms with van der Waals surface area (Å²) in [6.45, 7) is 1.60. The number of aliphatic hydroxyl groups excluding tert-OH is 1. The molecule has 0 aromatic heterocycles. The van der Waals surface area contributed by atoms with Gasteiger partial charge in [0.2, 0.25) is 11.8 Å². The lowest BCUT2D eigenvalue weighted by molar-refractivity contribution is -0.123. The van der Waals surface area contributed by atoms with Crippen LogP contribution >= 0.6 is 0 Å². The molecule has 0 aliphatic rings. The van der Waals surface area contributed by atoms with Crippen LogP contribution in [-0.2, 0) is 9.59 Å². The van der Waals surface area contributed by atoms with Gasteiger partial charge in [-0.15, -0.1) is 0 Å². The molecule has 0 fully saturated rings. The number of carbonyl (C=O) groups excluding carboxylic acids is 2. The number of aliphatic hydroxyl groups is 1. The van der Waals surface area contributed by atoms with Gasteiger partial charge >= 0.3 is 0 Å². The summed E-state index contributed by atoms with van der Waals surface area (Å²) >= 11 is 0. The normalized spacial score (nSPS) is 10.0. The second-order valence-corrected chi connectivity index (χ2v) is 3.77. The standard InChI is InChI=1S/C11H23N3O3/c12-6-1-4-10(16)13-7-2-5-11(17)14-8-3-9-15/h15H,1-9,12H2,(H,13,16)(H,14,17). The van der Waals surface area contributed by atoms with Crippen LogP contribution in [-0.4, -0.2) is 43.2 Å². The van der Waals surface area contributed by atoms with E-state index < -0.39 is 0 Å². The summed E-state index contributed by atoms with van der Waals surface area (Å²) < 4.78 is 0. The van der Waals surface area contributed by atoms with Crippen LogP contribution in [0.15, 0.2) is 0 Å². The first-order valence-corrected chi connectivity index (χ1v) is 6.05. The van der Waals surface area contributed by atoms with E-state index >= 15 is 0 Å². The van der Waals surface area contributed by atoms with Crippen molar-refractivity contribution < 1.29 is 14.7 Å². The summed E-state index contributed by atoms with van der Waals surface area (Å²) in [5.41, 5.74) is 5.28. The lowest BCUT2D eigenvalue weighted by Gasteiger charge is -2.05. The molecule has 0 aliphatic heterocycles. The topological polar surface area (TPSA) is 104 Å². The highest BCUT2D eigenvalue weighted by molar-refractivity contribution is 5.77. The van der Waals surface area contributed by atoms with Crippen molar-refractivity contribution >= 4 is 11.8 Å². The van der Waals surface area contributed by atoms with Gasteiger partial charge in [-0.25, -0.2) is 0 Å². The number of rotatable bonds is 10. The van der Waals surface area contributed by atoms with Crippen molar-refractivity contribution in [3.63, 3.8) is 0 Å². The van der Waals surface area contributed by atoms with Crippen LogP contribution in [0.1, 0.15) is 32.1 Å². The van der Waals surface area contributed by atoms with Crippen molar-refractivity contribution in [2.75, 3.05) is 26.2 Å². The van der Waals surface area contributed by atoms with E-state index in [9.17, 15) is 9.59 Å². The number of nitrogens with one attached hydrogen (secondary N) is 2. The van der Waals surface area contributed by atoms with Crippen LogP contribution in [0.2, 0.25) is 0 Å². The molecule has 0 rings (SSSR count). The van der Waals surface area contributed by atoms with E-state index in [1.54, 1.807) is 0 Å². The quantitative estimate of drug-likeness (QED) is 0.375. The molecule has 0 unspecified atom stereocenters.